The predicted octanol–water partition coefficient (Wildman–Crippen LogP) is 2.50. The molecule has 0 radical (unpaired) electrons. The third-order valence-corrected chi connectivity index (χ3v) is 3.23. The summed E-state index contributed by atoms with van der Waals surface area (Å²) in [6.07, 6.45) is -4.77. The third kappa shape index (κ3) is 5.73. The van der Waals surface area contributed by atoms with Crippen LogP contribution in [0.5, 0.6) is 0 Å². The molecule has 0 aromatic heterocycles. The SMILES string of the molecule is CC1CNCC(C)CN(C(C)CC(F)(F)F)C1. The van der Waals surface area contributed by atoms with Gasteiger partial charge in [0.1, 0.15) is 0 Å². The number of nitrogens with one attached hydrogen (secondary N) is 1. The highest BCUT2D eigenvalue weighted by atomic mass is 19.4. The summed E-state index contributed by atoms with van der Waals surface area (Å²) in [5.74, 6) is 0.802. The Kier molecular flexibility index (Phi) is 5.25. The molecule has 0 aromatic rings. The van der Waals surface area contributed by atoms with Gasteiger partial charge in [-0.2, -0.15) is 13.2 Å². The van der Waals surface area contributed by atoms with Crippen molar-refractivity contribution in [2.45, 2.75) is 39.4 Å². The molecular formula is C12H23F3N2. The molecule has 3 atom stereocenters. The molecule has 0 bridgehead atoms. The number of hydrogen-bond donors (Lipinski definition) is 1. The van der Waals surface area contributed by atoms with Crippen LogP contribution in [-0.2, 0) is 0 Å². The van der Waals surface area contributed by atoms with Gasteiger partial charge < -0.3 is 5.32 Å². The molecule has 3 unspecified atom stereocenters. The van der Waals surface area contributed by atoms with E-state index < -0.39 is 18.6 Å². The van der Waals surface area contributed by atoms with Crippen molar-refractivity contribution in [3.05, 3.63) is 0 Å². The molecule has 1 rings (SSSR count). The van der Waals surface area contributed by atoms with E-state index in [2.05, 4.69) is 19.2 Å². The van der Waals surface area contributed by atoms with Gasteiger partial charge in [-0.1, -0.05) is 13.8 Å². The van der Waals surface area contributed by atoms with Gasteiger partial charge >= 0.3 is 6.18 Å². The summed E-state index contributed by atoms with van der Waals surface area (Å²) in [6.45, 7) is 9.11. The van der Waals surface area contributed by atoms with Crippen molar-refractivity contribution in [3.63, 3.8) is 0 Å². The molecule has 102 valence electrons. The highest BCUT2D eigenvalue weighted by Crippen LogP contribution is 2.25. The van der Waals surface area contributed by atoms with Crippen LogP contribution < -0.4 is 5.32 Å². The predicted molar refractivity (Wildman–Crippen MR) is 62.9 cm³/mol. The largest absolute Gasteiger partial charge is 0.390 e. The molecule has 1 fully saturated rings. The van der Waals surface area contributed by atoms with E-state index in [0.29, 0.717) is 11.8 Å². The van der Waals surface area contributed by atoms with E-state index in [1.165, 1.54) is 0 Å². The van der Waals surface area contributed by atoms with Crippen molar-refractivity contribution in [1.29, 1.82) is 0 Å². The fraction of sp³-hybridized carbons (Fsp3) is 1.00. The van der Waals surface area contributed by atoms with Crippen LogP contribution in [0.3, 0.4) is 0 Å². The first-order valence-electron chi connectivity index (χ1n) is 6.29. The lowest BCUT2D eigenvalue weighted by Crippen LogP contribution is -2.47. The van der Waals surface area contributed by atoms with Crippen molar-refractivity contribution in [2.75, 3.05) is 26.2 Å². The third-order valence-electron chi connectivity index (χ3n) is 3.23. The maximum absolute atomic E-state index is 12.4. The van der Waals surface area contributed by atoms with Gasteiger partial charge in [0.2, 0.25) is 0 Å². The van der Waals surface area contributed by atoms with Crippen molar-refractivity contribution in [2.24, 2.45) is 11.8 Å². The van der Waals surface area contributed by atoms with Crippen LogP contribution in [0.15, 0.2) is 0 Å². The minimum atomic E-state index is -4.06. The molecule has 1 aliphatic rings. The number of alkyl halides is 3. The molecule has 1 N–H and O–H groups in total. The highest BCUT2D eigenvalue weighted by Gasteiger charge is 2.33. The van der Waals surface area contributed by atoms with E-state index >= 15 is 0 Å². The summed E-state index contributed by atoms with van der Waals surface area (Å²) >= 11 is 0. The Morgan fingerprint density at radius 1 is 1.18 bits per heavy atom. The maximum atomic E-state index is 12.4. The smallest absolute Gasteiger partial charge is 0.316 e. The number of nitrogens with zero attached hydrogens (tertiary/aromatic N) is 1. The second-order valence-corrected chi connectivity index (χ2v) is 5.49. The Morgan fingerprint density at radius 2 is 1.65 bits per heavy atom. The van der Waals surface area contributed by atoms with Crippen LogP contribution in [0.25, 0.3) is 0 Å². The summed E-state index contributed by atoms with van der Waals surface area (Å²) in [5, 5.41) is 3.35. The van der Waals surface area contributed by atoms with Crippen LogP contribution in [0.4, 0.5) is 13.2 Å². The minimum absolute atomic E-state index is 0.401. The second-order valence-electron chi connectivity index (χ2n) is 5.49. The molecular weight excluding hydrogens is 229 g/mol. The van der Waals surface area contributed by atoms with Gasteiger partial charge in [0.25, 0.3) is 0 Å². The Morgan fingerprint density at radius 3 is 2.06 bits per heavy atom. The summed E-state index contributed by atoms with van der Waals surface area (Å²) in [6, 6.07) is -0.419. The average Bonchev–Trinajstić information content (AvgIpc) is 2.11. The molecule has 5 heteroatoms. The van der Waals surface area contributed by atoms with E-state index in [-0.39, 0.29) is 0 Å². The van der Waals surface area contributed by atoms with Gasteiger partial charge in [-0.15, -0.1) is 0 Å². The normalized spacial score (nSPS) is 30.7. The summed E-state index contributed by atoms with van der Waals surface area (Å²) in [7, 11) is 0. The Bertz CT molecular complexity index is 218. The van der Waals surface area contributed by atoms with Gasteiger partial charge in [0, 0.05) is 19.1 Å². The quantitative estimate of drug-likeness (QED) is 0.812. The summed E-state index contributed by atoms with van der Waals surface area (Å²) in [4.78, 5) is 1.99. The number of rotatable bonds is 2. The topological polar surface area (TPSA) is 15.3 Å². The molecule has 1 heterocycles. The van der Waals surface area contributed by atoms with Crippen LogP contribution >= 0.6 is 0 Å². The van der Waals surface area contributed by atoms with Gasteiger partial charge in [-0.05, 0) is 31.8 Å². The second kappa shape index (κ2) is 6.05. The zero-order chi connectivity index (χ0) is 13.1. The monoisotopic (exact) mass is 252 g/mol. The van der Waals surface area contributed by atoms with Crippen molar-refractivity contribution < 1.29 is 13.2 Å². The zero-order valence-electron chi connectivity index (χ0n) is 10.8. The lowest BCUT2D eigenvalue weighted by molar-refractivity contribution is -0.147. The van der Waals surface area contributed by atoms with E-state index in [9.17, 15) is 13.2 Å². The van der Waals surface area contributed by atoms with Gasteiger partial charge in [0.05, 0.1) is 6.42 Å². The maximum Gasteiger partial charge on any atom is 0.390 e. The Labute approximate surface area is 102 Å². The number of halogens is 3. The number of hydrogen-bond acceptors (Lipinski definition) is 2. The summed E-state index contributed by atoms with van der Waals surface area (Å²) in [5.41, 5.74) is 0. The minimum Gasteiger partial charge on any atom is -0.316 e. The van der Waals surface area contributed by atoms with E-state index in [4.69, 9.17) is 0 Å². The van der Waals surface area contributed by atoms with Crippen molar-refractivity contribution in [3.8, 4) is 0 Å². The molecule has 0 spiro atoms. The van der Waals surface area contributed by atoms with Crippen LogP contribution in [-0.4, -0.2) is 43.3 Å². The van der Waals surface area contributed by atoms with E-state index in [1.54, 1.807) is 6.92 Å². The average molecular weight is 252 g/mol. The first-order chi connectivity index (χ1) is 7.78. The zero-order valence-corrected chi connectivity index (χ0v) is 10.8. The lowest BCUT2D eigenvalue weighted by atomic mass is 10.0. The fourth-order valence-electron chi connectivity index (χ4n) is 2.40. The highest BCUT2D eigenvalue weighted by molar-refractivity contribution is 4.78. The lowest BCUT2D eigenvalue weighted by Gasteiger charge is -2.36. The van der Waals surface area contributed by atoms with Crippen molar-refractivity contribution in [1.82, 2.24) is 10.2 Å². The van der Waals surface area contributed by atoms with Crippen LogP contribution in [0.1, 0.15) is 27.2 Å². The van der Waals surface area contributed by atoms with Crippen LogP contribution in [0, 0.1) is 11.8 Å². The Hall–Kier alpha value is -0.290. The fourth-order valence-corrected chi connectivity index (χ4v) is 2.40. The molecule has 0 aliphatic carbocycles. The van der Waals surface area contributed by atoms with E-state index in [0.717, 1.165) is 26.2 Å². The van der Waals surface area contributed by atoms with Gasteiger partial charge in [-0.3, -0.25) is 4.90 Å². The van der Waals surface area contributed by atoms with E-state index in [1.807, 2.05) is 4.90 Å². The molecule has 0 amide bonds. The van der Waals surface area contributed by atoms with Crippen LogP contribution in [0.2, 0.25) is 0 Å². The standard InChI is InChI=1S/C12H23F3N2/c1-9-5-16-6-10(2)8-17(7-9)11(3)4-12(13,14)15/h9-11,16H,4-8H2,1-3H3. The van der Waals surface area contributed by atoms with Gasteiger partial charge in [-0.25, -0.2) is 0 Å². The molecule has 17 heavy (non-hydrogen) atoms. The first-order valence-corrected chi connectivity index (χ1v) is 6.29. The van der Waals surface area contributed by atoms with Crippen molar-refractivity contribution >= 4 is 0 Å². The first kappa shape index (κ1) is 14.8. The Balaban J connectivity index is 2.57. The molecule has 1 aliphatic heterocycles. The molecule has 1 saturated heterocycles. The molecule has 0 saturated carbocycles. The summed E-state index contributed by atoms with van der Waals surface area (Å²) < 4.78 is 37.2. The molecule has 0 aromatic carbocycles. The molecule has 2 nitrogen and oxygen atoms in total. The van der Waals surface area contributed by atoms with Gasteiger partial charge in [0.15, 0.2) is 0 Å².